The number of hydrogen-bond donors (Lipinski definition) is 1. The van der Waals surface area contributed by atoms with Crippen LogP contribution in [0.5, 0.6) is 0 Å². The normalized spacial score (nSPS) is 20.4. The van der Waals surface area contributed by atoms with Crippen LogP contribution in [0.1, 0.15) is 15.9 Å². The zero-order valence-corrected chi connectivity index (χ0v) is 9.93. The molecule has 1 amide bonds. The fraction of sp³-hybridized carbons (Fsp3) is 0.462. The number of ether oxygens (including phenoxy) is 1. The lowest BCUT2D eigenvalue weighted by Gasteiger charge is -2.34. The van der Waals surface area contributed by atoms with Crippen LogP contribution in [0, 0.1) is 6.92 Å². The van der Waals surface area contributed by atoms with Crippen molar-refractivity contribution in [3.8, 4) is 0 Å². The van der Waals surface area contributed by atoms with Crippen LogP contribution in [0.3, 0.4) is 0 Å². The lowest BCUT2D eigenvalue weighted by atomic mass is 10.1. The summed E-state index contributed by atoms with van der Waals surface area (Å²) in [7, 11) is 0. The van der Waals surface area contributed by atoms with E-state index in [0.717, 1.165) is 5.56 Å². The second-order valence-corrected chi connectivity index (χ2v) is 4.22. The van der Waals surface area contributed by atoms with E-state index in [1.54, 1.807) is 4.90 Å². The predicted molar refractivity (Wildman–Crippen MR) is 63.9 cm³/mol. The molecule has 1 fully saturated rings. The molecule has 4 heteroatoms. The van der Waals surface area contributed by atoms with E-state index < -0.39 is 0 Å². The molecular formula is C13H17NO3. The van der Waals surface area contributed by atoms with Crippen molar-refractivity contribution in [1.82, 2.24) is 4.90 Å². The molecule has 1 aliphatic rings. The van der Waals surface area contributed by atoms with Crippen molar-refractivity contribution in [2.24, 2.45) is 0 Å². The summed E-state index contributed by atoms with van der Waals surface area (Å²) in [5, 5.41) is 9.25. The number of carbonyl (C=O) groups excluding carboxylic acids is 1. The van der Waals surface area contributed by atoms with Gasteiger partial charge in [-0.15, -0.1) is 0 Å². The molecule has 1 aromatic rings. The molecule has 0 bridgehead atoms. The number of nitrogens with zero attached hydrogens (tertiary/aromatic N) is 1. The molecule has 0 aliphatic carbocycles. The largest absolute Gasteiger partial charge is 0.394 e. The van der Waals surface area contributed by atoms with Crippen LogP contribution in [0.15, 0.2) is 24.3 Å². The zero-order chi connectivity index (χ0) is 12.3. The van der Waals surface area contributed by atoms with Gasteiger partial charge in [-0.25, -0.2) is 0 Å². The van der Waals surface area contributed by atoms with E-state index >= 15 is 0 Å². The molecule has 2 rings (SSSR count). The molecule has 4 nitrogen and oxygen atoms in total. The van der Waals surface area contributed by atoms with E-state index in [9.17, 15) is 9.90 Å². The quantitative estimate of drug-likeness (QED) is 0.826. The van der Waals surface area contributed by atoms with Gasteiger partial charge in [0.1, 0.15) is 0 Å². The number of hydrogen-bond acceptors (Lipinski definition) is 3. The highest BCUT2D eigenvalue weighted by Gasteiger charge is 2.27. The first-order chi connectivity index (χ1) is 8.24. The average Bonchev–Trinajstić information content (AvgIpc) is 2.38. The molecule has 1 atom stereocenters. The molecule has 1 heterocycles. The van der Waals surface area contributed by atoms with Gasteiger partial charge in [0.05, 0.1) is 25.9 Å². The topological polar surface area (TPSA) is 49.8 Å². The summed E-state index contributed by atoms with van der Waals surface area (Å²) in [5.41, 5.74) is 1.66. The summed E-state index contributed by atoms with van der Waals surface area (Å²) in [6.45, 7) is 3.35. The maximum absolute atomic E-state index is 12.3. The molecule has 0 radical (unpaired) electrons. The molecule has 92 valence electrons. The van der Waals surface area contributed by atoms with Gasteiger partial charge in [0, 0.05) is 12.1 Å². The Morgan fingerprint density at radius 1 is 1.53 bits per heavy atom. The van der Waals surface area contributed by atoms with Gasteiger partial charge >= 0.3 is 0 Å². The number of aryl methyl sites for hydroxylation is 1. The molecule has 1 N–H and O–H groups in total. The predicted octanol–water partition coefficient (Wildman–Crippen LogP) is 0.828. The summed E-state index contributed by atoms with van der Waals surface area (Å²) >= 11 is 0. The lowest BCUT2D eigenvalue weighted by molar-refractivity contribution is -0.0184. The van der Waals surface area contributed by atoms with Gasteiger partial charge in [0.2, 0.25) is 0 Å². The molecule has 0 saturated carbocycles. The van der Waals surface area contributed by atoms with E-state index in [0.29, 0.717) is 25.3 Å². The van der Waals surface area contributed by atoms with Gasteiger partial charge in [0.15, 0.2) is 0 Å². The van der Waals surface area contributed by atoms with E-state index in [4.69, 9.17) is 4.74 Å². The van der Waals surface area contributed by atoms with Gasteiger partial charge in [-0.1, -0.05) is 18.2 Å². The minimum atomic E-state index is -0.226. The van der Waals surface area contributed by atoms with Gasteiger partial charge in [0.25, 0.3) is 5.91 Å². The summed E-state index contributed by atoms with van der Waals surface area (Å²) in [5.74, 6) is -0.0227. The average molecular weight is 235 g/mol. The minimum Gasteiger partial charge on any atom is -0.394 e. The van der Waals surface area contributed by atoms with Crippen LogP contribution in [0.25, 0.3) is 0 Å². The molecule has 1 aromatic carbocycles. The van der Waals surface area contributed by atoms with Crippen molar-refractivity contribution in [3.05, 3.63) is 35.4 Å². The highest BCUT2D eigenvalue weighted by atomic mass is 16.5. The van der Waals surface area contributed by atoms with Gasteiger partial charge in [-0.05, 0) is 18.6 Å². The standard InChI is InChI=1S/C13H17NO3/c1-10-4-2-3-5-12(10)13(16)14-6-7-17-9-11(14)8-15/h2-5,11,15H,6-9H2,1H3/t11-/m1/s1. The second-order valence-electron chi connectivity index (χ2n) is 4.22. The van der Waals surface area contributed by atoms with Crippen molar-refractivity contribution in [2.75, 3.05) is 26.4 Å². The first-order valence-corrected chi connectivity index (χ1v) is 5.79. The Kier molecular flexibility index (Phi) is 3.76. The molecule has 0 unspecified atom stereocenters. The summed E-state index contributed by atoms with van der Waals surface area (Å²) in [6, 6.07) is 7.28. The molecule has 0 aromatic heterocycles. The fourth-order valence-corrected chi connectivity index (χ4v) is 2.04. The number of morpholine rings is 1. The monoisotopic (exact) mass is 235 g/mol. The summed E-state index contributed by atoms with van der Waals surface area (Å²) in [4.78, 5) is 14.0. The zero-order valence-electron chi connectivity index (χ0n) is 9.93. The van der Waals surface area contributed by atoms with E-state index in [1.807, 2.05) is 31.2 Å². The summed E-state index contributed by atoms with van der Waals surface area (Å²) in [6.07, 6.45) is 0. The first-order valence-electron chi connectivity index (χ1n) is 5.79. The molecule has 17 heavy (non-hydrogen) atoms. The summed E-state index contributed by atoms with van der Waals surface area (Å²) < 4.78 is 5.27. The van der Waals surface area contributed by atoms with Crippen LogP contribution in [-0.2, 0) is 4.74 Å². The smallest absolute Gasteiger partial charge is 0.254 e. The third kappa shape index (κ3) is 2.48. The van der Waals surface area contributed by atoms with Crippen molar-refractivity contribution in [3.63, 3.8) is 0 Å². The van der Waals surface area contributed by atoms with Crippen molar-refractivity contribution in [2.45, 2.75) is 13.0 Å². The van der Waals surface area contributed by atoms with E-state index in [1.165, 1.54) is 0 Å². The Morgan fingerprint density at radius 2 is 2.29 bits per heavy atom. The van der Waals surface area contributed by atoms with E-state index in [-0.39, 0.29) is 18.6 Å². The Balaban J connectivity index is 2.21. The van der Waals surface area contributed by atoms with Crippen LogP contribution in [0.2, 0.25) is 0 Å². The Hall–Kier alpha value is -1.39. The Morgan fingerprint density at radius 3 is 3.00 bits per heavy atom. The van der Waals surface area contributed by atoms with Crippen LogP contribution >= 0.6 is 0 Å². The van der Waals surface area contributed by atoms with Gasteiger partial charge in [-0.3, -0.25) is 4.79 Å². The molecular weight excluding hydrogens is 218 g/mol. The third-order valence-electron chi connectivity index (χ3n) is 3.07. The second kappa shape index (κ2) is 5.29. The number of rotatable bonds is 2. The number of benzene rings is 1. The molecule has 0 spiro atoms. The van der Waals surface area contributed by atoms with Crippen LogP contribution < -0.4 is 0 Å². The highest BCUT2D eigenvalue weighted by Crippen LogP contribution is 2.15. The van der Waals surface area contributed by atoms with Crippen LogP contribution in [0.4, 0.5) is 0 Å². The SMILES string of the molecule is Cc1ccccc1C(=O)N1CCOC[C@H]1CO. The Bertz CT molecular complexity index is 405. The Labute approximate surface area is 101 Å². The van der Waals surface area contributed by atoms with Gasteiger partial charge in [-0.2, -0.15) is 0 Å². The van der Waals surface area contributed by atoms with Crippen LogP contribution in [-0.4, -0.2) is 48.3 Å². The molecule has 1 saturated heterocycles. The maximum Gasteiger partial charge on any atom is 0.254 e. The minimum absolute atomic E-state index is 0.0227. The number of amides is 1. The van der Waals surface area contributed by atoms with Crippen molar-refractivity contribution < 1.29 is 14.6 Å². The van der Waals surface area contributed by atoms with Crippen molar-refractivity contribution in [1.29, 1.82) is 0 Å². The lowest BCUT2D eigenvalue weighted by Crippen LogP contribution is -2.50. The first kappa shape index (κ1) is 12.1. The fourth-order valence-electron chi connectivity index (χ4n) is 2.04. The number of carbonyl (C=O) groups is 1. The molecule has 1 aliphatic heterocycles. The highest BCUT2D eigenvalue weighted by molar-refractivity contribution is 5.95. The van der Waals surface area contributed by atoms with E-state index in [2.05, 4.69) is 0 Å². The maximum atomic E-state index is 12.3. The number of aliphatic hydroxyl groups is 1. The van der Waals surface area contributed by atoms with Crippen molar-refractivity contribution >= 4 is 5.91 Å². The van der Waals surface area contributed by atoms with Gasteiger partial charge < -0.3 is 14.7 Å². The third-order valence-corrected chi connectivity index (χ3v) is 3.07. The number of aliphatic hydroxyl groups excluding tert-OH is 1.